The highest BCUT2D eigenvalue weighted by molar-refractivity contribution is 5.06. The van der Waals surface area contributed by atoms with Crippen molar-refractivity contribution in [2.24, 2.45) is 0 Å². The van der Waals surface area contributed by atoms with Crippen LogP contribution in [0.5, 0.6) is 0 Å². The molecule has 0 heterocycles. The Bertz CT molecular complexity index is 218. The molecule has 0 aromatic rings. The summed E-state index contributed by atoms with van der Waals surface area (Å²) in [6.07, 6.45) is 4.03. The number of hydrogen-bond donors (Lipinski definition) is 1. The van der Waals surface area contributed by atoms with E-state index in [1.165, 1.54) is 0 Å². The van der Waals surface area contributed by atoms with Gasteiger partial charge in [-0.2, -0.15) is 5.26 Å². The zero-order valence-corrected chi connectivity index (χ0v) is 12.1. The Morgan fingerprint density at radius 3 is 2.24 bits per heavy atom. The van der Waals surface area contributed by atoms with Crippen LogP contribution >= 0.6 is 0 Å². The molecule has 0 radical (unpaired) electrons. The van der Waals surface area contributed by atoms with E-state index in [1.807, 2.05) is 0 Å². The van der Waals surface area contributed by atoms with Crippen LogP contribution in [-0.2, 0) is 0 Å². The van der Waals surface area contributed by atoms with Crippen LogP contribution in [0, 0.1) is 11.3 Å². The lowest BCUT2D eigenvalue weighted by Gasteiger charge is -2.28. The van der Waals surface area contributed by atoms with E-state index >= 15 is 0 Å². The van der Waals surface area contributed by atoms with Crippen molar-refractivity contribution >= 4 is 0 Å². The van der Waals surface area contributed by atoms with E-state index in [2.05, 4.69) is 44.0 Å². The van der Waals surface area contributed by atoms with Crippen molar-refractivity contribution in [2.45, 2.75) is 58.9 Å². The van der Waals surface area contributed by atoms with Gasteiger partial charge < -0.3 is 4.90 Å². The molecular weight excluding hydrogens is 210 g/mol. The Kier molecular flexibility index (Phi) is 9.11. The predicted molar refractivity (Wildman–Crippen MR) is 74.0 cm³/mol. The summed E-state index contributed by atoms with van der Waals surface area (Å²) in [5.41, 5.74) is -0.302. The molecule has 3 nitrogen and oxygen atoms in total. The van der Waals surface area contributed by atoms with Crippen molar-refractivity contribution in [1.29, 1.82) is 5.26 Å². The lowest BCUT2D eigenvalue weighted by molar-refractivity contribution is 0.274. The maximum Gasteiger partial charge on any atom is 0.106 e. The molecule has 0 spiro atoms. The largest absolute Gasteiger partial charge is 0.304 e. The summed E-state index contributed by atoms with van der Waals surface area (Å²) in [6, 6.07) is 2.48. The van der Waals surface area contributed by atoms with Gasteiger partial charge in [0, 0.05) is 0 Å². The molecule has 0 bridgehead atoms. The summed E-state index contributed by atoms with van der Waals surface area (Å²) >= 11 is 0. The van der Waals surface area contributed by atoms with E-state index in [0.717, 1.165) is 51.9 Å². The highest BCUT2D eigenvalue weighted by atomic mass is 15.1. The summed E-state index contributed by atoms with van der Waals surface area (Å²) in [6.45, 7) is 12.9. The minimum absolute atomic E-state index is 0.302. The molecule has 0 aliphatic heterocycles. The minimum Gasteiger partial charge on any atom is -0.304 e. The van der Waals surface area contributed by atoms with Crippen molar-refractivity contribution < 1.29 is 0 Å². The van der Waals surface area contributed by atoms with E-state index < -0.39 is 0 Å². The van der Waals surface area contributed by atoms with Gasteiger partial charge in [-0.25, -0.2) is 0 Å². The first-order valence-electron chi connectivity index (χ1n) is 7.06. The van der Waals surface area contributed by atoms with Crippen LogP contribution in [-0.4, -0.2) is 36.6 Å². The van der Waals surface area contributed by atoms with E-state index in [0.29, 0.717) is 0 Å². The molecule has 0 fully saturated rings. The maximum absolute atomic E-state index is 9.36. The number of nitrogens with one attached hydrogen (secondary N) is 1. The summed E-state index contributed by atoms with van der Waals surface area (Å²) in [5, 5.41) is 12.8. The van der Waals surface area contributed by atoms with Gasteiger partial charge in [-0.15, -0.1) is 0 Å². The van der Waals surface area contributed by atoms with Gasteiger partial charge in [0.2, 0.25) is 0 Å². The average molecular weight is 239 g/mol. The molecule has 0 rings (SSSR count). The summed E-state index contributed by atoms with van der Waals surface area (Å²) in [7, 11) is 0. The van der Waals surface area contributed by atoms with Crippen molar-refractivity contribution in [2.75, 3.05) is 26.2 Å². The second-order valence-corrected chi connectivity index (χ2v) is 4.60. The molecule has 1 N–H and O–H groups in total. The molecule has 0 aromatic heterocycles. The molecule has 0 aliphatic rings. The van der Waals surface area contributed by atoms with Gasteiger partial charge in [0.15, 0.2) is 0 Å². The molecule has 0 aliphatic carbocycles. The van der Waals surface area contributed by atoms with Crippen molar-refractivity contribution in [3.8, 4) is 6.07 Å². The molecule has 1 unspecified atom stereocenters. The fraction of sp³-hybridized carbons (Fsp3) is 0.929. The van der Waals surface area contributed by atoms with Crippen LogP contribution in [0.25, 0.3) is 0 Å². The smallest absolute Gasteiger partial charge is 0.106 e. The standard InChI is InChI=1S/C14H29N3/c1-5-11-16-14(6-2,13-15)10-9-12-17(7-3)8-4/h16H,5-12H2,1-4H3. The van der Waals surface area contributed by atoms with Gasteiger partial charge in [0.1, 0.15) is 5.54 Å². The lowest BCUT2D eigenvalue weighted by atomic mass is 9.91. The van der Waals surface area contributed by atoms with Gasteiger partial charge in [0.05, 0.1) is 6.07 Å². The molecule has 0 saturated heterocycles. The van der Waals surface area contributed by atoms with Gasteiger partial charge in [-0.3, -0.25) is 5.32 Å². The molecule has 0 saturated carbocycles. The third kappa shape index (κ3) is 6.05. The molecule has 1 atom stereocenters. The Morgan fingerprint density at radius 2 is 1.82 bits per heavy atom. The topological polar surface area (TPSA) is 39.1 Å². The Labute approximate surface area is 107 Å². The van der Waals surface area contributed by atoms with Crippen LogP contribution in [0.2, 0.25) is 0 Å². The quantitative estimate of drug-likeness (QED) is 0.637. The fourth-order valence-corrected chi connectivity index (χ4v) is 2.07. The van der Waals surface area contributed by atoms with Gasteiger partial charge in [0.25, 0.3) is 0 Å². The van der Waals surface area contributed by atoms with Crippen LogP contribution in [0.1, 0.15) is 53.4 Å². The first-order chi connectivity index (χ1) is 8.17. The lowest BCUT2D eigenvalue weighted by Crippen LogP contribution is -2.44. The van der Waals surface area contributed by atoms with Gasteiger partial charge >= 0.3 is 0 Å². The summed E-state index contributed by atoms with van der Waals surface area (Å²) in [5.74, 6) is 0. The van der Waals surface area contributed by atoms with Gasteiger partial charge in [-0.05, 0) is 51.9 Å². The number of nitrogens with zero attached hydrogens (tertiary/aromatic N) is 2. The molecule has 100 valence electrons. The van der Waals surface area contributed by atoms with Crippen LogP contribution < -0.4 is 5.32 Å². The molecule has 17 heavy (non-hydrogen) atoms. The second kappa shape index (κ2) is 9.44. The number of nitriles is 1. The predicted octanol–water partition coefficient (Wildman–Crippen LogP) is 2.78. The Balaban J connectivity index is 4.13. The Morgan fingerprint density at radius 1 is 1.18 bits per heavy atom. The second-order valence-electron chi connectivity index (χ2n) is 4.60. The molecule has 0 aromatic carbocycles. The average Bonchev–Trinajstić information content (AvgIpc) is 2.39. The maximum atomic E-state index is 9.36. The van der Waals surface area contributed by atoms with Crippen LogP contribution in [0.15, 0.2) is 0 Å². The first-order valence-corrected chi connectivity index (χ1v) is 7.06. The zero-order chi connectivity index (χ0) is 13.1. The van der Waals surface area contributed by atoms with E-state index in [4.69, 9.17) is 0 Å². The monoisotopic (exact) mass is 239 g/mol. The van der Waals surface area contributed by atoms with E-state index in [1.54, 1.807) is 0 Å². The fourth-order valence-electron chi connectivity index (χ4n) is 2.07. The highest BCUT2D eigenvalue weighted by Gasteiger charge is 2.26. The van der Waals surface area contributed by atoms with Crippen LogP contribution in [0.4, 0.5) is 0 Å². The zero-order valence-electron chi connectivity index (χ0n) is 12.1. The highest BCUT2D eigenvalue weighted by Crippen LogP contribution is 2.17. The molecule has 0 amide bonds. The molecule has 3 heteroatoms. The van der Waals surface area contributed by atoms with Crippen molar-refractivity contribution in [3.63, 3.8) is 0 Å². The summed E-state index contributed by atoms with van der Waals surface area (Å²) < 4.78 is 0. The van der Waals surface area contributed by atoms with Crippen molar-refractivity contribution in [1.82, 2.24) is 10.2 Å². The minimum atomic E-state index is -0.302. The Hall–Kier alpha value is -0.590. The number of rotatable bonds is 10. The van der Waals surface area contributed by atoms with Crippen molar-refractivity contribution in [3.05, 3.63) is 0 Å². The number of hydrogen-bond acceptors (Lipinski definition) is 3. The van der Waals surface area contributed by atoms with Gasteiger partial charge in [-0.1, -0.05) is 27.7 Å². The van der Waals surface area contributed by atoms with Crippen LogP contribution in [0.3, 0.4) is 0 Å². The van der Waals surface area contributed by atoms with E-state index in [-0.39, 0.29) is 5.54 Å². The van der Waals surface area contributed by atoms with E-state index in [9.17, 15) is 5.26 Å². The normalized spacial score (nSPS) is 14.6. The SMILES string of the molecule is CCCNC(C#N)(CC)CCCN(CC)CC. The summed E-state index contributed by atoms with van der Waals surface area (Å²) in [4.78, 5) is 2.41. The third-order valence-corrected chi connectivity index (χ3v) is 3.50. The molecular formula is C14H29N3. The third-order valence-electron chi connectivity index (χ3n) is 3.50. The first kappa shape index (κ1) is 16.4.